The summed E-state index contributed by atoms with van der Waals surface area (Å²) in [7, 11) is 0. The van der Waals surface area contributed by atoms with E-state index in [1.54, 1.807) is 53.4 Å². The Balaban J connectivity index is 1.24. The van der Waals surface area contributed by atoms with E-state index in [-0.39, 0.29) is 18.9 Å². The van der Waals surface area contributed by atoms with Gasteiger partial charge < -0.3 is 14.1 Å². The molecule has 1 fully saturated rings. The Morgan fingerprint density at radius 2 is 1.94 bits per heavy atom. The van der Waals surface area contributed by atoms with Crippen LogP contribution >= 0.6 is 11.6 Å². The number of furan rings is 1. The molecule has 3 aromatic rings. The van der Waals surface area contributed by atoms with Gasteiger partial charge in [-0.2, -0.15) is 0 Å². The number of nitrogens with one attached hydrogen (secondary N) is 2. The van der Waals surface area contributed by atoms with Crippen molar-refractivity contribution in [2.45, 2.75) is 26.5 Å². The molecule has 0 radical (unpaired) electrons. The first-order valence-corrected chi connectivity index (χ1v) is 11.1. The van der Waals surface area contributed by atoms with Gasteiger partial charge in [-0.1, -0.05) is 23.7 Å². The second kappa shape index (κ2) is 10.4. The number of aryl methyl sites for hydroxylation is 1. The Morgan fingerprint density at radius 3 is 2.65 bits per heavy atom. The molecule has 1 aliphatic rings. The predicted octanol–water partition coefficient (Wildman–Crippen LogP) is 3.63. The van der Waals surface area contributed by atoms with Crippen LogP contribution in [-0.2, 0) is 22.7 Å². The number of halogens is 1. The summed E-state index contributed by atoms with van der Waals surface area (Å²) in [6, 6.07) is 15.8. The van der Waals surface area contributed by atoms with Crippen LogP contribution < -0.4 is 15.6 Å². The summed E-state index contributed by atoms with van der Waals surface area (Å²) in [5.74, 6) is -0.176. The minimum absolute atomic E-state index is 0.0876. The molecule has 2 aromatic carbocycles. The molecule has 1 aliphatic heterocycles. The lowest BCUT2D eigenvalue weighted by atomic mass is 10.1. The van der Waals surface area contributed by atoms with Gasteiger partial charge in [-0.25, -0.2) is 0 Å². The Labute approximate surface area is 201 Å². The summed E-state index contributed by atoms with van der Waals surface area (Å²) in [6.45, 7) is 2.82. The molecular formula is C25H24ClN3O5. The number of carbonyl (C=O) groups is 3. The lowest BCUT2D eigenvalue weighted by Crippen LogP contribution is -2.45. The van der Waals surface area contributed by atoms with Crippen LogP contribution in [-0.4, -0.2) is 29.2 Å². The molecule has 1 unspecified atom stereocenters. The van der Waals surface area contributed by atoms with Crippen molar-refractivity contribution in [3.63, 3.8) is 0 Å². The molecular weight excluding hydrogens is 458 g/mol. The lowest BCUT2D eigenvalue weighted by Gasteiger charge is -2.15. The molecule has 9 heteroatoms. The fourth-order valence-electron chi connectivity index (χ4n) is 3.61. The molecule has 2 N–H and O–H groups in total. The van der Waals surface area contributed by atoms with Crippen LogP contribution in [0, 0.1) is 12.8 Å². The first-order valence-electron chi connectivity index (χ1n) is 10.8. The van der Waals surface area contributed by atoms with Crippen molar-refractivity contribution >= 4 is 29.3 Å². The molecule has 2 heterocycles. The number of amides is 3. The quantitative estimate of drug-likeness (QED) is 0.502. The monoisotopic (exact) mass is 481 g/mol. The SMILES string of the molecule is Cc1cc(OCc2ccc(C(=O)NNC(=O)C3CC(=O)N(Cc4ccco4)C3)cc2)ccc1Cl. The number of likely N-dealkylation sites (tertiary alicyclic amines) is 1. The summed E-state index contributed by atoms with van der Waals surface area (Å²) in [6.07, 6.45) is 1.62. The Morgan fingerprint density at radius 1 is 1.15 bits per heavy atom. The van der Waals surface area contributed by atoms with Gasteiger partial charge in [-0.3, -0.25) is 25.2 Å². The molecule has 0 bridgehead atoms. The molecule has 34 heavy (non-hydrogen) atoms. The first kappa shape index (κ1) is 23.4. The van der Waals surface area contributed by atoms with Crippen LogP contribution in [0.3, 0.4) is 0 Å². The van der Waals surface area contributed by atoms with Crippen LogP contribution in [0.25, 0.3) is 0 Å². The minimum Gasteiger partial charge on any atom is -0.489 e. The van der Waals surface area contributed by atoms with Gasteiger partial charge in [0, 0.05) is 23.6 Å². The largest absolute Gasteiger partial charge is 0.489 e. The highest BCUT2D eigenvalue weighted by Gasteiger charge is 2.34. The van der Waals surface area contributed by atoms with Gasteiger partial charge in [-0.15, -0.1) is 0 Å². The van der Waals surface area contributed by atoms with E-state index in [1.165, 1.54) is 6.26 Å². The standard InChI is InChI=1S/C25H24ClN3O5/c1-16-11-20(8-9-22(16)26)34-15-17-4-6-18(7-5-17)24(31)27-28-25(32)19-12-23(30)29(13-19)14-21-3-2-10-33-21/h2-11,19H,12-15H2,1H3,(H,27,31)(H,28,32). The van der Waals surface area contributed by atoms with E-state index < -0.39 is 17.7 Å². The second-order valence-corrected chi connectivity index (χ2v) is 8.50. The minimum atomic E-state index is -0.543. The van der Waals surface area contributed by atoms with Crippen molar-refractivity contribution in [3.8, 4) is 5.75 Å². The molecule has 1 aromatic heterocycles. The fraction of sp³-hybridized carbons (Fsp3) is 0.240. The molecule has 4 rings (SSSR count). The van der Waals surface area contributed by atoms with Crippen molar-refractivity contribution in [2.75, 3.05) is 6.54 Å². The van der Waals surface area contributed by atoms with E-state index in [0.29, 0.717) is 35.2 Å². The molecule has 0 saturated carbocycles. The normalized spacial score (nSPS) is 15.3. The van der Waals surface area contributed by atoms with E-state index in [0.717, 1.165) is 11.1 Å². The summed E-state index contributed by atoms with van der Waals surface area (Å²) >= 11 is 6.03. The van der Waals surface area contributed by atoms with Gasteiger partial charge in [0.25, 0.3) is 5.91 Å². The average Bonchev–Trinajstić information content (AvgIpc) is 3.48. The van der Waals surface area contributed by atoms with E-state index in [1.807, 2.05) is 13.0 Å². The van der Waals surface area contributed by atoms with Crippen molar-refractivity contribution in [3.05, 3.63) is 88.3 Å². The maximum absolute atomic E-state index is 12.4. The van der Waals surface area contributed by atoms with Crippen molar-refractivity contribution in [1.29, 1.82) is 0 Å². The molecule has 3 amide bonds. The Kier molecular flexibility index (Phi) is 7.18. The first-order chi connectivity index (χ1) is 16.4. The van der Waals surface area contributed by atoms with E-state index >= 15 is 0 Å². The van der Waals surface area contributed by atoms with Crippen LogP contribution in [0.2, 0.25) is 5.02 Å². The highest BCUT2D eigenvalue weighted by molar-refractivity contribution is 6.31. The Bertz CT molecular complexity index is 1180. The number of rotatable bonds is 7. The average molecular weight is 482 g/mol. The van der Waals surface area contributed by atoms with Gasteiger partial charge in [0.1, 0.15) is 18.1 Å². The van der Waals surface area contributed by atoms with E-state index in [4.69, 9.17) is 20.8 Å². The van der Waals surface area contributed by atoms with Crippen LogP contribution in [0.5, 0.6) is 5.75 Å². The van der Waals surface area contributed by atoms with E-state index in [2.05, 4.69) is 10.9 Å². The van der Waals surface area contributed by atoms with Crippen molar-refractivity contribution < 1.29 is 23.5 Å². The molecule has 176 valence electrons. The molecule has 8 nitrogen and oxygen atoms in total. The smallest absolute Gasteiger partial charge is 0.269 e. The fourth-order valence-corrected chi connectivity index (χ4v) is 3.73. The van der Waals surface area contributed by atoms with Crippen molar-refractivity contribution in [2.24, 2.45) is 5.92 Å². The predicted molar refractivity (Wildman–Crippen MR) is 125 cm³/mol. The van der Waals surface area contributed by atoms with Gasteiger partial charge in [0.2, 0.25) is 11.8 Å². The zero-order valence-electron chi connectivity index (χ0n) is 18.5. The number of nitrogens with zero attached hydrogens (tertiary/aromatic N) is 1. The maximum atomic E-state index is 12.4. The third kappa shape index (κ3) is 5.77. The number of ether oxygens (including phenoxy) is 1. The summed E-state index contributed by atoms with van der Waals surface area (Å²) < 4.78 is 11.0. The number of hydrazine groups is 1. The second-order valence-electron chi connectivity index (χ2n) is 8.09. The molecule has 0 aliphatic carbocycles. The van der Waals surface area contributed by atoms with Gasteiger partial charge >= 0.3 is 0 Å². The third-order valence-corrected chi connectivity index (χ3v) is 5.99. The Hall–Kier alpha value is -3.78. The van der Waals surface area contributed by atoms with Gasteiger partial charge in [-0.05, 0) is 60.5 Å². The van der Waals surface area contributed by atoms with Crippen molar-refractivity contribution in [1.82, 2.24) is 15.8 Å². The summed E-state index contributed by atoms with van der Waals surface area (Å²) in [5, 5.41) is 0.681. The summed E-state index contributed by atoms with van der Waals surface area (Å²) in [4.78, 5) is 38.6. The topological polar surface area (TPSA) is 101 Å². The number of carbonyl (C=O) groups excluding carboxylic acids is 3. The highest BCUT2D eigenvalue weighted by atomic mass is 35.5. The van der Waals surface area contributed by atoms with Crippen LogP contribution in [0.15, 0.2) is 65.3 Å². The third-order valence-electron chi connectivity index (χ3n) is 5.56. The van der Waals surface area contributed by atoms with Crippen LogP contribution in [0.4, 0.5) is 0 Å². The highest BCUT2D eigenvalue weighted by Crippen LogP contribution is 2.22. The molecule has 1 atom stereocenters. The van der Waals surface area contributed by atoms with Gasteiger partial charge in [0.15, 0.2) is 0 Å². The zero-order chi connectivity index (χ0) is 24.1. The zero-order valence-corrected chi connectivity index (χ0v) is 19.3. The number of benzene rings is 2. The number of hydrogen-bond donors (Lipinski definition) is 2. The molecule has 1 saturated heterocycles. The number of hydrogen-bond acceptors (Lipinski definition) is 5. The van der Waals surface area contributed by atoms with E-state index in [9.17, 15) is 14.4 Å². The maximum Gasteiger partial charge on any atom is 0.269 e. The summed E-state index contributed by atoms with van der Waals surface area (Å²) in [5.41, 5.74) is 7.02. The lowest BCUT2D eigenvalue weighted by molar-refractivity contribution is -0.129. The van der Waals surface area contributed by atoms with Gasteiger partial charge in [0.05, 0.1) is 18.7 Å². The van der Waals surface area contributed by atoms with Crippen LogP contribution in [0.1, 0.15) is 33.7 Å². The molecule has 0 spiro atoms.